The fraction of sp³-hybridized carbons (Fsp3) is 0.706. The molecule has 1 rings (SSSR count). The van der Waals surface area contributed by atoms with Crippen LogP contribution in [0.4, 0.5) is 4.79 Å². The minimum atomic E-state index is -1.16. The lowest BCUT2D eigenvalue weighted by atomic mass is 9.98. The van der Waals surface area contributed by atoms with Crippen LogP contribution in [0.1, 0.15) is 48.0 Å². The Morgan fingerprint density at radius 2 is 1.71 bits per heavy atom. The highest BCUT2D eigenvalue weighted by atomic mass is 16.6. The number of nitrogens with zero attached hydrogens (tertiary/aromatic N) is 1. The van der Waals surface area contributed by atoms with Gasteiger partial charge in [-0.15, -0.1) is 6.58 Å². The zero-order valence-corrected chi connectivity index (χ0v) is 15.2. The molecule has 136 valence electrons. The van der Waals surface area contributed by atoms with Gasteiger partial charge < -0.3 is 14.6 Å². The van der Waals surface area contributed by atoms with Crippen LogP contribution in [-0.4, -0.2) is 51.3 Å². The molecule has 1 heterocycles. The van der Waals surface area contributed by atoms with Gasteiger partial charge in [0.15, 0.2) is 0 Å². The second-order valence-electron chi connectivity index (χ2n) is 7.81. The van der Waals surface area contributed by atoms with Gasteiger partial charge in [0.25, 0.3) is 0 Å². The summed E-state index contributed by atoms with van der Waals surface area (Å²) < 4.78 is 10.5. The number of imide groups is 1. The summed E-state index contributed by atoms with van der Waals surface area (Å²) in [6.07, 6.45) is -0.926. The predicted octanol–water partition coefficient (Wildman–Crippen LogP) is 2.03. The highest BCUT2D eigenvalue weighted by molar-refractivity contribution is 6.01. The number of ether oxygens (including phenoxy) is 2. The van der Waals surface area contributed by atoms with Gasteiger partial charge in [-0.1, -0.05) is 6.08 Å². The molecule has 0 aliphatic carbocycles. The molecule has 7 heteroatoms. The van der Waals surface area contributed by atoms with E-state index in [0.29, 0.717) is 0 Å². The minimum absolute atomic E-state index is 0.0415. The smallest absolute Gasteiger partial charge is 0.417 e. The van der Waals surface area contributed by atoms with E-state index in [1.807, 2.05) is 0 Å². The third kappa shape index (κ3) is 5.06. The predicted molar refractivity (Wildman–Crippen MR) is 87.0 cm³/mol. The van der Waals surface area contributed by atoms with Crippen molar-refractivity contribution in [3.8, 4) is 0 Å². The number of amides is 2. The number of likely N-dealkylation sites (tertiary alicyclic amines) is 1. The van der Waals surface area contributed by atoms with Gasteiger partial charge in [-0.05, 0) is 48.0 Å². The van der Waals surface area contributed by atoms with Gasteiger partial charge in [-0.3, -0.25) is 4.79 Å². The molecule has 2 amide bonds. The molecule has 0 aromatic carbocycles. The first-order valence-corrected chi connectivity index (χ1v) is 7.86. The zero-order valence-electron chi connectivity index (χ0n) is 15.2. The molecular weight excluding hydrogens is 314 g/mol. The van der Waals surface area contributed by atoms with Gasteiger partial charge in [0.2, 0.25) is 5.91 Å². The molecule has 0 radical (unpaired) electrons. The summed E-state index contributed by atoms with van der Waals surface area (Å²) in [6, 6.07) is -1.13. The van der Waals surface area contributed by atoms with Crippen LogP contribution in [0.5, 0.6) is 0 Å². The van der Waals surface area contributed by atoms with E-state index in [0.717, 1.165) is 4.90 Å². The van der Waals surface area contributed by atoms with Crippen LogP contribution in [0.15, 0.2) is 12.7 Å². The Hall–Kier alpha value is -1.89. The fourth-order valence-electron chi connectivity index (χ4n) is 2.33. The van der Waals surface area contributed by atoms with Crippen molar-refractivity contribution in [1.29, 1.82) is 0 Å². The molecule has 0 aromatic heterocycles. The summed E-state index contributed by atoms with van der Waals surface area (Å²) >= 11 is 0. The van der Waals surface area contributed by atoms with Crippen molar-refractivity contribution in [2.24, 2.45) is 5.92 Å². The van der Waals surface area contributed by atoms with Gasteiger partial charge in [0, 0.05) is 0 Å². The monoisotopic (exact) mass is 341 g/mol. The Kier molecular flexibility index (Phi) is 5.82. The molecule has 7 nitrogen and oxygen atoms in total. The number of aliphatic hydroxyl groups is 1. The summed E-state index contributed by atoms with van der Waals surface area (Å²) in [4.78, 5) is 38.1. The maximum Gasteiger partial charge on any atom is 0.417 e. The molecular formula is C17H27NO6. The van der Waals surface area contributed by atoms with Crippen LogP contribution in [-0.2, 0) is 19.1 Å². The molecule has 1 saturated heterocycles. The lowest BCUT2D eigenvalue weighted by molar-refractivity contribution is -0.161. The molecule has 0 aromatic rings. The number of esters is 1. The van der Waals surface area contributed by atoms with Crippen molar-refractivity contribution in [2.75, 3.05) is 0 Å². The van der Waals surface area contributed by atoms with E-state index in [1.165, 1.54) is 6.08 Å². The van der Waals surface area contributed by atoms with Crippen LogP contribution in [0, 0.1) is 5.92 Å². The Bertz CT molecular complexity index is 528. The van der Waals surface area contributed by atoms with Crippen LogP contribution < -0.4 is 0 Å². The molecule has 0 bridgehead atoms. The van der Waals surface area contributed by atoms with Crippen LogP contribution in [0.3, 0.4) is 0 Å². The minimum Gasteiger partial charge on any atom is -0.458 e. The summed E-state index contributed by atoms with van der Waals surface area (Å²) in [5, 5.41) is 9.92. The topological polar surface area (TPSA) is 93.1 Å². The largest absolute Gasteiger partial charge is 0.458 e. The average molecular weight is 341 g/mol. The number of hydrogen-bond donors (Lipinski definition) is 1. The average Bonchev–Trinajstić information content (AvgIpc) is 2.71. The van der Waals surface area contributed by atoms with E-state index in [1.54, 1.807) is 41.5 Å². The number of carbonyl (C=O) groups is 3. The van der Waals surface area contributed by atoms with Crippen molar-refractivity contribution in [1.82, 2.24) is 4.90 Å². The fourth-order valence-corrected chi connectivity index (χ4v) is 2.33. The van der Waals surface area contributed by atoms with Crippen molar-refractivity contribution in [3.05, 3.63) is 12.7 Å². The van der Waals surface area contributed by atoms with E-state index in [-0.39, 0.29) is 6.42 Å². The molecule has 0 saturated carbocycles. The third-order valence-corrected chi connectivity index (χ3v) is 3.27. The molecule has 24 heavy (non-hydrogen) atoms. The molecule has 3 atom stereocenters. The van der Waals surface area contributed by atoms with Crippen molar-refractivity contribution in [3.63, 3.8) is 0 Å². The van der Waals surface area contributed by atoms with Gasteiger partial charge in [0.1, 0.15) is 17.2 Å². The summed E-state index contributed by atoms with van der Waals surface area (Å²) in [7, 11) is 0. The van der Waals surface area contributed by atoms with Crippen LogP contribution >= 0.6 is 0 Å². The van der Waals surface area contributed by atoms with Gasteiger partial charge >= 0.3 is 12.1 Å². The lowest BCUT2D eigenvalue weighted by Crippen LogP contribution is -2.47. The third-order valence-electron chi connectivity index (χ3n) is 3.27. The lowest BCUT2D eigenvalue weighted by Gasteiger charge is -2.28. The van der Waals surface area contributed by atoms with Gasteiger partial charge in [-0.25, -0.2) is 14.5 Å². The number of carbonyl (C=O) groups excluding carboxylic acids is 3. The first-order valence-electron chi connectivity index (χ1n) is 7.86. The standard InChI is InChI=1S/C17H27NO6/c1-8-12(19)10-9-11(14(21)23-16(2,3)4)18(13(10)20)15(22)24-17(5,6)7/h8,10-12,19H,1,9H2,2-7H3/t10-,11-,12-/m0/s1. The van der Waals surface area contributed by atoms with Gasteiger partial charge in [0.05, 0.1) is 12.0 Å². The molecule has 1 aliphatic rings. The molecule has 1 N–H and O–H groups in total. The van der Waals surface area contributed by atoms with Crippen molar-refractivity contribution < 1.29 is 29.0 Å². The second-order valence-corrected chi connectivity index (χ2v) is 7.81. The summed E-state index contributed by atoms with van der Waals surface area (Å²) in [6.45, 7) is 13.5. The van der Waals surface area contributed by atoms with Crippen molar-refractivity contribution >= 4 is 18.0 Å². The van der Waals surface area contributed by atoms with Crippen LogP contribution in [0.2, 0.25) is 0 Å². The SMILES string of the molecule is C=C[C@H](O)[C@@H]1C[C@@H](C(=O)OC(C)(C)C)N(C(=O)OC(C)(C)C)C1=O. The Morgan fingerprint density at radius 3 is 2.12 bits per heavy atom. The van der Waals surface area contributed by atoms with Crippen molar-refractivity contribution in [2.45, 2.75) is 71.3 Å². The Morgan fingerprint density at radius 1 is 1.21 bits per heavy atom. The second kappa shape index (κ2) is 6.93. The molecule has 1 fully saturated rings. The first kappa shape index (κ1) is 20.2. The summed E-state index contributed by atoms with van der Waals surface area (Å²) in [5.74, 6) is -2.32. The van der Waals surface area contributed by atoms with Gasteiger partial charge in [-0.2, -0.15) is 0 Å². The normalized spacial score (nSPS) is 23.0. The maximum atomic E-state index is 12.5. The Labute approximate surface area is 142 Å². The highest BCUT2D eigenvalue weighted by Crippen LogP contribution is 2.31. The van der Waals surface area contributed by atoms with E-state index in [2.05, 4.69) is 6.58 Å². The Balaban J connectivity index is 3.11. The van der Waals surface area contributed by atoms with E-state index >= 15 is 0 Å². The highest BCUT2D eigenvalue weighted by Gasteiger charge is 2.51. The maximum absolute atomic E-state index is 12.5. The zero-order chi connectivity index (χ0) is 18.9. The van der Waals surface area contributed by atoms with E-state index in [9.17, 15) is 19.5 Å². The molecule has 1 aliphatic heterocycles. The van der Waals surface area contributed by atoms with Crippen LogP contribution in [0.25, 0.3) is 0 Å². The molecule has 0 unspecified atom stereocenters. The number of aliphatic hydroxyl groups excluding tert-OH is 1. The number of hydrogen-bond acceptors (Lipinski definition) is 6. The molecule has 0 spiro atoms. The summed E-state index contributed by atoms with van der Waals surface area (Å²) in [5.41, 5.74) is -1.60. The quantitative estimate of drug-likeness (QED) is 0.623. The van der Waals surface area contributed by atoms with E-state index < -0.39 is 47.2 Å². The van der Waals surface area contributed by atoms with E-state index in [4.69, 9.17) is 9.47 Å². The first-order chi connectivity index (χ1) is 10.8. The number of rotatable bonds is 3.